The number of ether oxygens (including phenoxy) is 1. The lowest BCUT2D eigenvalue weighted by Gasteiger charge is -2.22. The van der Waals surface area contributed by atoms with Crippen molar-refractivity contribution in [1.29, 1.82) is 0 Å². The number of nitrogens with zero attached hydrogens (tertiary/aromatic N) is 2. The minimum atomic E-state index is -4.63. The van der Waals surface area contributed by atoms with Gasteiger partial charge in [-0.3, -0.25) is 4.79 Å². The molecule has 0 saturated carbocycles. The fourth-order valence-corrected chi connectivity index (χ4v) is 4.41. The Morgan fingerprint density at radius 3 is 2.47 bits per heavy atom. The van der Waals surface area contributed by atoms with Gasteiger partial charge in [-0.2, -0.15) is 13.2 Å². The number of rotatable bonds is 7. The molecule has 180 valence electrons. The average molecular weight is 491 g/mol. The molecule has 1 saturated heterocycles. The topological polar surface area (TPSA) is 34.5 Å². The van der Waals surface area contributed by atoms with Crippen molar-refractivity contribution in [2.45, 2.75) is 38.1 Å². The molecular formula is C26H26ClF3N2O2. The second kappa shape index (κ2) is 10.2. The summed E-state index contributed by atoms with van der Waals surface area (Å²) in [5.74, 6) is -0.464. The van der Waals surface area contributed by atoms with E-state index >= 15 is 0 Å². The fourth-order valence-electron chi connectivity index (χ4n) is 4.29. The van der Waals surface area contributed by atoms with Gasteiger partial charge in [0.05, 0.1) is 6.10 Å². The van der Waals surface area contributed by atoms with Crippen molar-refractivity contribution in [3.8, 4) is 11.1 Å². The van der Waals surface area contributed by atoms with Gasteiger partial charge in [0.25, 0.3) is 5.91 Å². The zero-order chi connectivity index (χ0) is 24.3. The molecule has 0 spiro atoms. The maximum atomic E-state index is 14.2. The molecule has 1 unspecified atom stereocenters. The summed E-state index contributed by atoms with van der Waals surface area (Å²) < 4.78 is 49.2. The molecule has 1 fully saturated rings. The molecule has 3 aromatic rings. The van der Waals surface area contributed by atoms with Crippen LogP contribution in [-0.4, -0.2) is 41.7 Å². The number of carbonyl (C=O) groups is 1. The first-order valence-corrected chi connectivity index (χ1v) is 11.6. The maximum Gasteiger partial charge on any atom is 0.431 e. The van der Waals surface area contributed by atoms with E-state index in [9.17, 15) is 18.0 Å². The van der Waals surface area contributed by atoms with E-state index in [2.05, 4.69) is 0 Å². The third kappa shape index (κ3) is 5.47. The van der Waals surface area contributed by atoms with Crippen LogP contribution in [0.4, 0.5) is 13.2 Å². The first-order valence-electron chi connectivity index (χ1n) is 11.2. The number of halogens is 4. The van der Waals surface area contributed by atoms with Crippen LogP contribution in [0, 0.1) is 0 Å². The van der Waals surface area contributed by atoms with E-state index in [0.29, 0.717) is 35.7 Å². The Morgan fingerprint density at radius 1 is 1.15 bits per heavy atom. The first-order chi connectivity index (χ1) is 16.2. The maximum absolute atomic E-state index is 14.2. The summed E-state index contributed by atoms with van der Waals surface area (Å²) in [5.41, 5.74) is 0.541. The zero-order valence-electron chi connectivity index (χ0n) is 18.8. The van der Waals surface area contributed by atoms with Crippen LogP contribution in [0.5, 0.6) is 0 Å². The van der Waals surface area contributed by atoms with E-state index in [0.717, 1.165) is 23.5 Å². The van der Waals surface area contributed by atoms with Crippen LogP contribution in [0.3, 0.4) is 0 Å². The Balaban J connectivity index is 1.78. The van der Waals surface area contributed by atoms with Crippen molar-refractivity contribution < 1.29 is 22.7 Å². The third-order valence-electron chi connectivity index (χ3n) is 6.09. The predicted molar refractivity (Wildman–Crippen MR) is 126 cm³/mol. The van der Waals surface area contributed by atoms with E-state index in [1.165, 1.54) is 4.90 Å². The molecule has 2 heterocycles. The summed E-state index contributed by atoms with van der Waals surface area (Å²) in [6, 6.07) is 16.4. The number of aromatic nitrogens is 1. The van der Waals surface area contributed by atoms with Gasteiger partial charge < -0.3 is 14.2 Å². The zero-order valence-corrected chi connectivity index (χ0v) is 19.6. The molecule has 2 aromatic carbocycles. The van der Waals surface area contributed by atoms with Gasteiger partial charge in [-0.1, -0.05) is 54.1 Å². The van der Waals surface area contributed by atoms with Gasteiger partial charge in [-0.25, -0.2) is 0 Å². The van der Waals surface area contributed by atoms with Crippen LogP contribution in [0.1, 0.15) is 41.0 Å². The largest absolute Gasteiger partial charge is 0.431 e. The lowest BCUT2D eigenvalue weighted by molar-refractivity contribution is -0.143. The first kappa shape index (κ1) is 24.4. The fraction of sp³-hybridized carbons (Fsp3) is 0.346. The highest BCUT2D eigenvalue weighted by Crippen LogP contribution is 2.38. The third-order valence-corrected chi connectivity index (χ3v) is 6.34. The highest BCUT2D eigenvalue weighted by atomic mass is 35.5. The number of benzene rings is 2. The number of hydrogen-bond acceptors (Lipinski definition) is 2. The second-order valence-corrected chi connectivity index (χ2v) is 8.96. The molecule has 1 amide bonds. The standard InChI is InChI=1S/C26H26ClF3N2O2/c1-31(14-13-21-8-5-15-34-21)25(33)24-22(19-9-11-20(27)12-10-19)16-23(26(28,29)30)32(24)17-18-6-3-2-4-7-18/h2-4,6-7,9-12,16,21H,5,8,13-15,17H2,1H3. The molecule has 1 aliphatic heterocycles. The molecule has 4 rings (SSSR count). The van der Waals surface area contributed by atoms with E-state index < -0.39 is 17.8 Å². The molecular weight excluding hydrogens is 465 g/mol. The number of alkyl halides is 3. The lowest BCUT2D eigenvalue weighted by atomic mass is 10.0. The van der Waals surface area contributed by atoms with Gasteiger partial charge in [0.1, 0.15) is 11.4 Å². The van der Waals surface area contributed by atoms with E-state index in [1.807, 2.05) is 0 Å². The average Bonchev–Trinajstić information content (AvgIpc) is 3.46. The normalized spacial score (nSPS) is 16.1. The molecule has 0 N–H and O–H groups in total. The van der Waals surface area contributed by atoms with Gasteiger partial charge in [-0.05, 0) is 48.6 Å². The van der Waals surface area contributed by atoms with Gasteiger partial charge in [0.2, 0.25) is 0 Å². The molecule has 4 nitrogen and oxygen atoms in total. The monoisotopic (exact) mass is 490 g/mol. The van der Waals surface area contributed by atoms with Crippen molar-refractivity contribution in [3.63, 3.8) is 0 Å². The Hall–Kier alpha value is -2.77. The molecule has 1 atom stereocenters. The Kier molecular flexibility index (Phi) is 7.33. The molecule has 0 radical (unpaired) electrons. The van der Waals surface area contributed by atoms with Crippen molar-refractivity contribution in [3.05, 3.63) is 82.6 Å². The molecule has 1 aliphatic rings. The van der Waals surface area contributed by atoms with Gasteiger partial charge in [0, 0.05) is 37.3 Å². The van der Waals surface area contributed by atoms with Crippen LogP contribution in [0.2, 0.25) is 5.02 Å². The van der Waals surface area contributed by atoms with Crippen LogP contribution < -0.4 is 0 Å². The SMILES string of the molecule is CN(CCC1CCCO1)C(=O)c1c(-c2ccc(Cl)cc2)cc(C(F)(F)F)n1Cc1ccccc1. The molecule has 0 aliphatic carbocycles. The van der Waals surface area contributed by atoms with E-state index in [1.54, 1.807) is 61.6 Å². The van der Waals surface area contributed by atoms with Crippen LogP contribution in [0.25, 0.3) is 11.1 Å². The van der Waals surface area contributed by atoms with Crippen molar-refractivity contribution in [2.75, 3.05) is 20.2 Å². The summed E-state index contributed by atoms with van der Waals surface area (Å²) in [7, 11) is 1.62. The summed E-state index contributed by atoms with van der Waals surface area (Å²) in [6.45, 7) is 1.02. The smallest absolute Gasteiger partial charge is 0.378 e. The number of hydrogen-bond donors (Lipinski definition) is 0. The summed E-state index contributed by atoms with van der Waals surface area (Å²) in [6.07, 6.45) is -2.00. The van der Waals surface area contributed by atoms with E-state index in [-0.39, 0.29) is 23.9 Å². The van der Waals surface area contributed by atoms with Crippen molar-refractivity contribution in [1.82, 2.24) is 9.47 Å². The number of carbonyl (C=O) groups excluding carboxylic acids is 1. The van der Waals surface area contributed by atoms with E-state index in [4.69, 9.17) is 16.3 Å². The molecule has 1 aromatic heterocycles. The summed E-state index contributed by atoms with van der Waals surface area (Å²) >= 11 is 6.00. The van der Waals surface area contributed by atoms with Gasteiger partial charge in [-0.15, -0.1) is 0 Å². The minimum absolute atomic E-state index is 0.00772. The highest BCUT2D eigenvalue weighted by molar-refractivity contribution is 6.30. The Bertz CT molecular complexity index is 1120. The Morgan fingerprint density at radius 2 is 1.85 bits per heavy atom. The highest BCUT2D eigenvalue weighted by Gasteiger charge is 2.39. The molecule has 34 heavy (non-hydrogen) atoms. The molecule has 8 heteroatoms. The molecule has 0 bridgehead atoms. The van der Waals surface area contributed by atoms with Gasteiger partial charge >= 0.3 is 6.18 Å². The lowest BCUT2D eigenvalue weighted by Crippen LogP contribution is -2.32. The van der Waals surface area contributed by atoms with Crippen LogP contribution in [-0.2, 0) is 17.5 Å². The summed E-state index contributed by atoms with van der Waals surface area (Å²) in [5, 5.41) is 0.463. The minimum Gasteiger partial charge on any atom is -0.378 e. The van der Waals surface area contributed by atoms with Crippen molar-refractivity contribution >= 4 is 17.5 Å². The number of amides is 1. The van der Waals surface area contributed by atoms with Crippen molar-refractivity contribution in [2.24, 2.45) is 0 Å². The van der Waals surface area contributed by atoms with Crippen LogP contribution >= 0.6 is 11.6 Å². The van der Waals surface area contributed by atoms with Gasteiger partial charge in [0.15, 0.2) is 0 Å². The summed E-state index contributed by atoms with van der Waals surface area (Å²) in [4.78, 5) is 15.1. The quantitative estimate of drug-likeness (QED) is 0.378. The Labute approximate surface area is 201 Å². The predicted octanol–water partition coefficient (Wildman–Crippen LogP) is 6.52. The second-order valence-electron chi connectivity index (χ2n) is 8.52. The van der Waals surface area contributed by atoms with Crippen LogP contribution in [0.15, 0.2) is 60.7 Å².